The Hall–Kier alpha value is 0.110. The number of hydrogen-bond donors (Lipinski definition) is 2. The van der Waals surface area contributed by atoms with Crippen LogP contribution >= 0.6 is 8.25 Å². The summed E-state index contributed by atoms with van der Waals surface area (Å²) < 4.78 is 14.8. The predicted octanol–water partition coefficient (Wildman–Crippen LogP) is 2.89. The molecular formula is C11H25O4P. The lowest BCUT2D eigenvalue weighted by Gasteiger charge is -2.02. The van der Waals surface area contributed by atoms with Crippen molar-refractivity contribution in [3.63, 3.8) is 0 Å². The maximum atomic E-state index is 10.2. The second-order valence-corrected chi connectivity index (χ2v) is 4.84. The smallest absolute Gasteiger partial charge is 0.316 e. The Kier molecular flexibility index (Phi) is 13.3. The third-order valence-electron chi connectivity index (χ3n) is 2.53. The number of aliphatic hydroxyl groups excluding tert-OH is 1. The molecule has 0 rings (SSSR count). The Balaban J connectivity index is 2.90. The van der Waals surface area contributed by atoms with Crippen LogP contribution in [0.15, 0.2) is 0 Å². The van der Waals surface area contributed by atoms with Gasteiger partial charge in [-0.05, 0) is 12.8 Å². The molecule has 0 fully saturated rings. The van der Waals surface area contributed by atoms with E-state index in [2.05, 4.69) is 4.52 Å². The molecule has 1 atom stereocenters. The van der Waals surface area contributed by atoms with E-state index in [1.165, 1.54) is 32.1 Å². The van der Waals surface area contributed by atoms with E-state index in [4.69, 9.17) is 10.00 Å². The molecule has 0 aromatic carbocycles. The van der Waals surface area contributed by atoms with Gasteiger partial charge in [0, 0.05) is 6.61 Å². The normalized spacial score (nSPS) is 12.9. The zero-order chi connectivity index (χ0) is 12.1. The van der Waals surface area contributed by atoms with Gasteiger partial charge >= 0.3 is 8.25 Å². The highest BCUT2D eigenvalue weighted by Gasteiger charge is 1.94. The lowest BCUT2D eigenvalue weighted by Crippen LogP contribution is -1.88. The first kappa shape index (κ1) is 16.1. The third-order valence-corrected chi connectivity index (χ3v) is 2.98. The molecule has 0 heterocycles. The topological polar surface area (TPSA) is 66.8 Å². The van der Waals surface area contributed by atoms with E-state index in [0.717, 1.165) is 25.7 Å². The van der Waals surface area contributed by atoms with Crippen LogP contribution in [-0.2, 0) is 9.09 Å². The van der Waals surface area contributed by atoms with Gasteiger partial charge in [-0.15, -0.1) is 0 Å². The fourth-order valence-electron chi connectivity index (χ4n) is 1.61. The number of aliphatic hydroxyl groups is 1. The van der Waals surface area contributed by atoms with Gasteiger partial charge < -0.3 is 14.5 Å². The van der Waals surface area contributed by atoms with Crippen molar-refractivity contribution in [3.8, 4) is 0 Å². The summed E-state index contributed by atoms with van der Waals surface area (Å²) in [6.45, 7) is 0.721. The van der Waals surface area contributed by atoms with Crippen molar-refractivity contribution in [1.29, 1.82) is 0 Å². The van der Waals surface area contributed by atoms with Crippen LogP contribution in [0.4, 0.5) is 0 Å². The number of unbranched alkanes of at least 4 members (excludes halogenated alkanes) is 8. The SMILES string of the molecule is O=[PH](O)OCCCCCCCCCCCO. The van der Waals surface area contributed by atoms with E-state index in [-0.39, 0.29) is 0 Å². The average molecular weight is 252 g/mol. The highest BCUT2D eigenvalue weighted by atomic mass is 31.1. The highest BCUT2D eigenvalue weighted by molar-refractivity contribution is 7.32. The monoisotopic (exact) mass is 252 g/mol. The molecule has 0 saturated carbocycles. The predicted molar refractivity (Wildman–Crippen MR) is 65.8 cm³/mol. The molecule has 0 aromatic heterocycles. The van der Waals surface area contributed by atoms with Crippen molar-refractivity contribution < 1.29 is 19.1 Å². The van der Waals surface area contributed by atoms with Crippen LogP contribution in [0, 0.1) is 0 Å². The van der Waals surface area contributed by atoms with Crippen molar-refractivity contribution in [3.05, 3.63) is 0 Å². The number of hydrogen-bond acceptors (Lipinski definition) is 3. The Morgan fingerprint density at radius 3 is 1.69 bits per heavy atom. The molecule has 5 heteroatoms. The van der Waals surface area contributed by atoms with Gasteiger partial charge in [0.25, 0.3) is 0 Å². The molecule has 0 aliphatic carbocycles. The molecular weight excluding hydrogens is 227 g/mol. The first-order valence-corrected chi connectivity index (χ1v) is 7.50. The molecule has 4 nitrogen and oxygen atoms in total. The Morgan fingerprint density at radius 1 is 0.812 bits per heavy atom. The maximum Gasteiger partial charge on any atom is 0.316 e. The maximum absolute atomic E-state index is 10.2. The molecule has 0 saturated heterocycles. The lowest BCUT2D eigenvalue weighted by molar-refractivity contribution is 0.273. The first-order valence-electron chi connectivity index (χ1n) is 6.24. The Bertz CT molecular complexity index is 164. The molecule has 16 heavy (non-hydrogen) atoms. The third kappa shape index (κ3) is 14.1. The Labute approximate surface area is 99.0 Å². The van der Waals surface area contributed by atoms with Crippen molar-refractivity contribution >= 4 is 8.25 Å². The van der Waals surface area contributed by atoms with Crippen LogP contribution in [0.1, 0.15) is 57.8 Å². The highest BCUT2D eigenvalue weighted by Crippen LogP contribution is 2.15. The Morgan fingerprint density at radius 2 is 1.25 bits per heavy atom. The minimum Gasteiger partial charge on any atom is -0.396 e. The van der Waals surface area contributed by atoms with Gasteiger partial charge in [0.2, 0.25) is 0 Å². The van der Waals surface area contributed by atoms with Crippen LogP contribution in [0.2, 0.25) is 0 Å². The molecule has 98 valence electrons. The first-order chi connectivity index (χ1) is 7.77. The average Bonchev–Trinajstić information content (AvgIpc) is 2.25. The van der Waals surface area contributed by atoms with E-state index in [1.54, 1.807) is 0 Å². The summed E-state index contributed by atoms with van der Waals surface area (Å²) in [5, 5.41) is 8.58. The van der Waals surface area contributed by atoms with Crippen molar-refractivity contribution in [1.82, 2.24) is 0 Å². The van der Waals surface area contributed by atoms with Crippen LogP contribution in [0.5, 0.6) is 0 Å². The summed E-state index contributed by atoms with van der Waals surface area (Å²) in [5.41, 5.74) is 0. The van der Waals surface area contributed by atoms with Gasteiger partial charge in [-0.3, -0.25) is 4.57 Å². The van der Waals surface area contributed by atoms with E-state index < -0.39 is 8.25 Å². The van der Waals surface area contributed by atoms with Gasteiger partial charge in [0.1, 0.15) is 0 Å². The summed E-state index contributed by atoms with van der Waals surface area (Å²) in [4.78, 5) is 8.40. The van der Waals surface area contributed by atoms with E-state index in [0.29, 0.717) is 13.2 Å². The standard InChI is InChI=1S/C11H25O4P/c12-10-8-6-4-2-1-3-5-7-9-11-15-16(13)14/h12,16H,1-11H2,(H,13,14). The summed E-state index contributed by atoms with van der Waals surface area (Å²) >= 11 is 0. The zero-order valence-electron chi connectivity index (χ0n) is 9.99. The molecule has 0 amide bonds. The molecule has 0 aliphatic heterocycles. The molecule has 0 aromatic rings. The quantitative estimate of drug-likeness (QED) is 0.414. The van der Waals surface area contributed by atoms with Crippen LogP contribution in [0.3, 0.4) is 0 Å². The lowest BCUT2D eigenvalue weighted by atomic mass is 10.1. The minimum atomic E-state index is -2.71. The summed E-state index contributed by atoms with van der Waals surface area (Å²) in [6, 6.07) is 0. The van der Waals surface area contributed by atoms with Crippen molar-refractivity contribution in [2.75, 3.05) is 13.2 Å². The van der Waals surface area contributed by atoms with Crippen LogP contribution < -0.4 is 0 Å². The van der Waals surface area contributed by atoms with Crippen molar-refractivity contribution in [2.45, 2.75) is 57.8 Å². The largest absolute Gasteiger partial charge is 0.396 e. The molecule has 0 spiro atoms. The summed E-state index contributed by atoms with van der Waals surface area (Å²) in [6.07, 6.45) is 10.1. The van der Waals surface area contributed by atoms with Gasteiger partial charge in [0.05, 0.1) is 6.61 Å². The molecule has 0 radical (unpaired) electrons. The van der Waals surface area contributed by atoms with Gasteiger partial charge in [-0.2, -0.15) is 0 Å². The summed E-state index contributed by atoms with van der Waals surface area (Å²) in [7, 11) is -2.71. The van der Waals surface area contributed by atoms with Gasteiger partial charge in [0.15, 0.2) is 0 Å². The van der Waals surface area contributed by atoms with Gasteiger partial charge in [-0.1, -0.05) is 44.9 Å². The molecule has 2 N–H and O–H groups in total. The van der Waals surface area contributed by atoms with Crippen molar-refractivity contribution in [2.24, 2.45) is 0 Å². The molecule has 0 bridgehead atoms. The van der Waals surface area contributed by atoms with Gasteiger partial charge in [-0.25, -0.2) is 0 Å². The molecule has 0 aliphatic rings. The zero-order valence-corrected chi connectivity index (χ0v) is 11.0. The minimum absolute atomic E-state index is 0.313. The summed E-state index contributed by atoms with van der Waals surface area (Å²) in [5.74, 6) is 0. The van der Waals surface area contributed by atoms with Crippen LogP contribution in [0.25, 0.3) is 0 Å². The van der Waals surface area contributed by atoms with E-state index >= 15 is 0 Å². The van der Waals surface area contributed by atoms with Crippen LogP contribution in [-0.4, -0.2) is 23.2 Å². The fraction of sp³-hybridized carbons (Fsp3) is 1.00. The fourth-order valence-corrected chi connectivity index (χ4v) is 1.93. The molecule has 1 unspecified atom stereocenters. The number of rotatable bonds is 12. The van der Waals surface area contributed by atoms with E-state index in [1.807, 2.05) is 0 Å². The van der Waals surface area contributed by atoms with E-state index in [9.17, 15) is 4.57 Å². The second-order valence-electron chi connectivity index (χ2n) is 4.02. The second kappa shape index (κ2) is 13.2.